The largest absolute Gasteiger partial charge is 0.379 e. The lowest BCUT2D eigenvalue weighted by Crippen LogP contribution is -2.40. The lowest BCUT2D eigenvalue weighted by molar-refractivity contribution is 0.0385. The zero-order valence-electron chi connectivity index (χ0n) is 14.1. The molecule has 1 saturated heterocycles. The molecular formula is C15H37N3O. The predicted octanol–water partition coefficient (Wildman–Crippen LogP) is 1.82. The summed E-state index contributed by atoms with van der Waals surface area (Å²) >= 11 is 0. The standard InChI is InChI=1S/C8H18N2O.C5H13N.C2H6/c1-2-9-3-4-10-5-7-11-8-6-10;1-5(2)4-6-3;1-2/h9H,2-8H2,1H3;5-6H,4H2,1-3H3;1-2H3. The van der Waals surface area contributed by atoms with Gasteiger partial charge in [0.1, 0.15) is 0 Å². The maximum Gasteiger partial charge on any atom is 0.0594 e. The Labute approximate surface area is 121 Å². The van der Waals surface area contributed by atoms with Crippen molar-refractivity contribution in [3.05, 3.63) is 0 Å². The van der Waals surface area contributed by atoms with E-state index in [1.54, 1.807) is 0 Å². The van der Waals surface area contributed by atoms with Gasteiger partial charge in [-0.05, 0) is 26.1 Å². The smallest absolute Gasteiger partial charge is 0.0594 e. The number of likely N-dealkylation sites (N-methyl/N-ethyl adjacent to an activating group) is 1. The first-order chi connectivity index (χ1) is 9.20. The number of hydrogen-bond acceptors (Lipinski definition) is 4. The third-order valence-electron chi connectivity index (χ3n) is 2.57. The fourth-order valence-electron chi connectivity index (χ4n) is 1.65. The predicted molar refractivity (Wildman–Crippen MR) is 85.9 cm³/mol. The Hall–Kier alpha value is -0.160. The van der Waals surface area contributed by atoms with E-state index in [1.165, 1.54) is 0 Å². The van der Waals surface area contributed by atoms with Gasteiger partial charge in [-0.25, -0.2) is 0 Å². The van der Waals surface area contributed by atoms with Crippen molar-refractivity contribution < 1.29 is 4.74 Å². The van der Waals surface area contributed by atoms with E-state index in [-0.39, 0.29) is 0 Å². The highest BCUT2D eigenvalue weighted by molar-refractivity contribution is 4.62. The van der Waals surface area contributed by atoms with Crippen LogP contribution in [0.25, 0.3) is 0 Å². The summed E-state index contributed by atoms with van der Waals surface area (Å²) in [6.07, 6.45) is 0. The van der Waals surface area contributed by atoms with Crippen molar-refractivity contribution in [2.45, 2.75) is 34.6 Å². The monoisotopic (exact) mass is 275 g/mol. The molecule has 0 spiro atoms. The number of nitrogens with zero attached hydrogens (tertiary/aromatic N) is 1. The number of ether oxygens (including phenoxy) is 1. The highest BCUT2D eigenvalue weighted by Crippen LogP contribution is 1.94. The molecule has 19 heavy (non-hydrogen) atoms. The molecule has 1 heterocycles. The van der Waals surface area contributed by atoms with Crippen LogP contribution in [0.3, 0.4) is 0 Å². The highest BCUT2D eigenvalue weighted by atomic mass is 16.5. The van der Waals surface area contributed by atoms with Crippen LogP contribution < -0.4 is 10.6 Å². The van der Waals surface area contributed by atoms with Crippen molar-refractivity contribution in [2.24, 2.45) is 5.92 Å². The second-order valence-electron chi connectivity index (χ2n) is 4.76. The molecule has 2 N–H and O–H groups in total. The molecule has 1 fully saturated rings. The summed E-state index contributed by atoms with van der Waals surface area (Å²) in [7, 11) is 1.97. The molecule has 0 unspecified atom stereocenters. The summed E-state index contributed by atoms with van der Waals surface area (Å²) in [4.78, 5) is 2.44. The van der Waals surface area contributed by atoms with E-state index in [9.17, 15) is 0 Å². The van der Waals surface area contributed by atoms with Gasteiger partial charge in [-0.15, -0.1) is 0 Å². The molecule has 1 aliphatic heterocycles. The van der Waals surface area contributed by atoms with E-state index in [0.29, 0.717) is 0 Å². The van der Waals surface area contributed by atoms with Gasteiger partial charge in [0.25, 0.3) is 0 Å². The van der Waals surface area contributed by atoms with Crippen molar-refractivity contribution in [3.8, 4) is 0 Å². The average molecular weight is 275 g/mol. The second kappa shape index (κ2) is 17.8. The van der Waals surface area contributed by atoms with E-state index in [1.807, 2.05) is 20.9 Å². The van der Waals surface area contributed by atoms with Crippen molar-refractivity contribution in [1.29, 1.82) is 0 Å². The van der Waals surface area contributed by atoms with E-state index < -0.39 is 0 Å². The minimum atomic E-state index is 0.787. The Balaban J connectivity index is 0. The minimum absolute atomic E-state index is 0.787. The molecule has 4 heteroatoms. The lowest BCUT2D eigenvalue weighted by atomic mass is 10.2. The molecule has 0 aliphatic carbocycles. The maximum absolute atomic E-state index is 5.24. The molecule has 0 bridgehead atoms. The summed E-state index contributed by atoms with van der Waals surface area (Å²) in [6.45, 7) is 19.0. The SMILES string of the molecule is CC.CCNCCN1CCOCC1.CNCC(C)C. The van der Waals surface area contributed by atoms with E-state index >= 15 is 0 Å². The van der Waals surface area contributed by atoms with Crippen LogP contribution >= 0.6 is 0 Å². The van der Waals surface area contributed by atoms with Gasteiger partial charge in [0.05, 0.1) is 13.2 Å². The van der Waals surface area contributed by atoms with Crippen molar-refractivity contribution in [2.75, 3.05) is 59.5 Å². The third-order valence-corrected chi connectivity index (χ3v) is 2.57. The van der Waals surface area contributed by atoms with Crippen LogP contribution in [0, 0.1) is 5.92 Å². The molecule has 1 rings (SSSR count). The lowest BCUT2D eigenvalue weighted by Gasteiger charge is -2.26. The fourth-order valence-corrected chi connectivity index (χ4v) is 1.65. The van der Waals surface area contributed by atoms with Crippen LogP contribution in [0.2, 0.25) is 0 Å². The van der Waals surface area contributed by atoms with Crippen LogP contribution in [0.1, 0.15) is 34.6 Å². The molecule has 0 amide bonds. The molecule has 0 aromatic carbocycles. The van der Waals surface area contributed by atoms with Crippen LogP contribution in [-0.2, 0) is 4.74 Å². The summed E-state index contributed by atoms with van der Waals surface area (Å²) in [5.41, 5.74) is 0. The third kappa shape index (κ3) is 17.8. The summed E-state index contributed by atoms with van der Waals surface area (Å²) in [5, 5.41) is 6.38. The zero-order valence-corrected chi connectivity index (χ0v) is 14.1. The average Bonchev–Trinajstić information content (AvgIpc) is 2.43. The highest BCUT2D eigenvalue weighted by Gasteiger charge is 2.08. The number of morpholine rings is 1. The number of nitrogens with one attached hydrogen (secondary N) is 2. The summed E-state index contributed by atoms with van der Waals surface area (Å²) < 4.78 is 5.24. The maximum atomic E-state index is 5.24. The molecule has 0 aromatic heterocycles. The molecule has 0 radical (unpaired) electrons. The molecule has 0 atom stereocenters. The molecule has 0 saturated carbocycles. The Bertz CT molecular complexity index is 148. The first-order valence-electron chi connectivity index (χ1n) is 7.86. The Morgan fingerprint density at radius 1 is 1.16 bits per heavy atom. The van der Waals surface area contributed by atoms with Gasteiger partial charge in [-0.2, -0.15) is 0 Å². The Kier molecular flexibility index (Phi) is 19.9. The molecule has 0 aromatic rings. The van der Waals surface area contributed by atoms with Crippen molar-refractivity contribution in [3.63, 3.8) is 0 Å². The van der Waals surface area contributed by atoms with E-state index in [0.717, 1.165) is 58.4 Å². The van der Waals surface area contributed by atoms with Crippen LogP contribution in [0.15, 0.2) is 0 Å². The van der Waals surface area contributed by atoms with Crippen LogP contribution in [0.4, 0.5) is 0 Å². The molecule has 118 valence electrons. The van der Waals surface area contributed by atoms with Gasteiger partial charge in [-0.1, -0.05) is 34.6 Å². The van der Waals surface area contributed by atoms with Gasteiger partial charge < -0.3 is 15.4 Å². The van der Waals surface area contributed by atoms with E-state index in [2.05, 4.69) is 36.3 Å². The first kappa shape index (κ1) is 21.1. The number of hydrogen-bond donors (Lipinski definition) is 2. The van der Waals surface area contributed by atoms with Gasteiger partial charge in [0.15, 0.2) is 0 Å². The fraction of sp³-hybridized carbons (Fsp3) is 1.00. The number of rotatable bonds is 6. The van der Waals surface area contributed by atoms with Gasteiger partial charge in [0.2, 0.25) is 0 Å². The molecule has 1 aliphatic rings. The van der Waals surface area contributed by atoms with Gasteiger partial charge in [0, 0.05) is 26.2 Å². The normalized spacial score (nSPS) is 15.3. The van der Waals surface area contributed by atoms with Gasteiger partial charge in [-0.3, -0.25) is 4.90 Å². The van der Waals surface area contributed by atoms with E-state index in [4.69, 9.17) is 4.74 Å². The van der Waals surface area contributed by atoms with Crippen LogP contribution in [-0.4, -0.2) is 64.4 Å². The van der Waals surface area contributed by atoms with Gasteiger partial charge >= 0.3 is 0 Å². The Morgan fingerprint density at radius 3 is 2.11 bits per heavy atom. The molecule has 4 nitrogen and oxygen atoms in total. The summed E-state index contributed by atoms with van der Waals surface area (Å²) in [5.74, 6) is 0.787. The quantitative estimate of drug-likeness (QED) is 0.725. The summed E-state index contributed by atoms with van der Waals surface area (Å²) in [6, 6.07) is 0. The zero-order chi connectivity index (χ0) is 14.9. The topological polar surface area (TPSA) is 36.5 Å². The Morgan fingerprint density at radius 2 is 1.74 bits per heavy atom. The first-order valence-corrected chi connectivity index (χ1v) is 7.86. The van der Waals surface area contributed by atoms with Crippen LogP contribution in [0.5, 0.6) is 0 Å². The van der Waals surface area contributed by atoms with Crippen molar-refractivity contribution in [1.82, 2.24) is 15.5 Å². The minimum Gasteiger partial charge on any atom is -0.379 e. The van der Waals surface area contributed by atoms with Crippen molar-refractivity contribution >= 4 is 0 Å². The molecular weight excluding hydrogens is 238 g/mol. The second-order valence-corrected chi connectivity index (χ2v) is 4.76.